The lowest BCUT2D eigenvalue weighted by molar-refractivity contribution is -0.139. The van der Waals surface area contributed by atoms with Crippen molar-refractivity contribution in [2.45, 2.75) is 12.5 Å². The van der Waals surface area contributed by atoms with Crippen LogP contribution in [0.4, 0.5) is 4.39 Å². The van der Waals surface area contributed by atoms with Gasteiger partial charge in [-0.2, -0.15) is 0 Å². The van der Waals surface area contributed by atoms with Gasteiger partial charge in [0.25, 0.3) is 5.91 Å². The number of piperazine rings is 1. The Morgan fingerprint density at radius 2 is 2.03 bits per heavy atom. The lowest BCUT2D eigenvalue weighted by Crippen LogP contribution is -2.56. The van der Waals surface area contributed by atoms with E-state index in [1.54, 1.807) is 24.3 Å². The Hall–Kier alpha value is -3.46. The zero-order chi connectivity index (χ0) is 22.0. The fraction of sp³-hybridized carbons (Fsp3) is 0.238. The highest BCUT2D eigenvalue weighted by Gasteiger charge is 2.30. The second kappa shape index (κ2) is 8.73. The number of carbonyl (C=O) groups is 3. The summed E-state index contributed by atoms with van der Waals surface area (Å²) in [6, 6.07) is 8.01. The van der Waals surface area contributed by atoms with Gasteiger partial charge in [0.1, 0.15) is 22.7 Å². The maximum Gasteiger partial charge on any atom is 0.268 e. The number of H-pyrrole nitrogens is 1. The quantitative estimate of drug-likeness (QED) is 0.521. The van der Waals surface area contributed by atoms with Crippen LogP contribution < -0.4 is 10.6 Å². The van der Waals surface area contributed by atoms with Gasteiger partial charge in [-0.05, 0) is 29.8 Å². The number of rotatable bonds is 5. The Morgan fingerprint density at radius 3 is 2.77 bits per heavy atom. The van der Waals surface area contributed by atoms with Crippen LogP contribution in [-0.4, -0.2) is 58.3 Å². The average Bonchev–Trinajstić information content (AvgIpc) is 3.17. The standard InChI is InChI=1S/C21H19ClFN5O3/c22-18-9-13-8-15(26-17(13)10-25-18)20(30)27-16(7-12-1-3-14(23)4-2-12)21(31)28-6-5-24-19(29)11-28/h1-4,8-10,16,26H,5-7,11H2,(H,24,29)(H,27,30)/t16-/m0/s1. The van der Waals surface area contributed by atoms with Crippen LogP contribution in [0, 0.1) is 5.82 Å². The molecule has 0 spiro atoms. The maximum atomic E-state index is 13.3. The predicted octanol–water partition coefficient (Wildman–Crippen LogP) is 1.65. The monoisotopic (exact) mass is 443 g/mol. The second-order valence-electron chi connectivity index (χ2n) is 7.24. The van der Waals surface area contributed by atoms with E-state index >= 15 is 0 Å². The van der Waals surface area contributed by atoms with Crippen molar-refractivity contribution in [2.24, 2.45) is 0 Å². The highest BCUT2D eigenvalue weighted by molar-refractivity contribution is 6.30. The Kier molecular flexibility index (Phi) is 5.85. The molecule has 3 amide bonds. The average molecular weight is 444 g/mol. The molecule has 1 saturated heterocycles. The minimum absolute atomic E-state index is 0.0782. The molecular formula is C21H19ClFN5O3. The van der Waals surface area contributed by atoms with Gasteiger partial charge >= 0.3 is 0 Å². The van der Waals surface area contributed by atoms with Crippen LogP contribution in [0.1, 0.15) is 16.1 Å². The third kappa shape index (κ3) is 4.83. The SMILES string of the molecule is O=C1CN(C(=O)[C@H](Cc2ccc(F)cc2)NC(=O)c2cc3cc(Cl)ncc3[nH]2)CCN1. The Morgan fingerprint density at radius 1 is 1.26 bits per heavy atom. The van der Waals surface area contributed by atoms with Gasteiger partial charge in [0.2, 0.25) is 11.8 Å². The van der Waals surface area contributed by atoms with E-state index in [0.717, 1.165) is 0 Å². The first-order chi connectivity index (χ1) is 14.9. The van der Waals surface area contributed by atoms with Crippen molar-refractivity contribution in [3.8, 4) is 0 Å². The molecule has 0 aliphatic carbocycles. The molecule has 0 unspecified atom stereocenters. The van der Waals surface area contributed by atoms with Gasteiger partial charge < -0.3 is 20.5 Å². The topological polar surface area (TPSA) is 107 Å². The maximum absolute atomic E-state index is 13.3. The smallest absolute Gasteiger partial charge is 0.268 e. The summed E-state index contributed by atoms with van der Waals surface area (Å²) >= 11 is 5.90. The highest BCUT2D eigenvalue weighted by Crippen LogP contribution is 2.18. The van der Waals surface area contributed by atoms with Gasteiger partial charge in [0, 0.05) is 24.9 Å². The van der Waals surface area contributed by atoms with Crippen molar-refractivity contribution in [1.29, 1.82) is 0 Å². The van der Waals surface area contributed by atoms with Gasteiger partial charge in [-0.15, -0.1) is 0 Å². The number of hydrogen-bond donors (Lipinski definition) is 3. The molecule has 31 heavy (non-hydrogen) atoms. The lowest BCUT2D eigenvalue weighted by Gasteiger charge is -2.30. The first-order valence-electron chi connectivity index (χ1n) is 9.64. The number of aromatic nitrogens is 2. The highest BCUT2D eigenvalue weighted by atomic mass is 35.5. The Labute approximate surface area is 181 Å². The number of aromatic amines is 1. The van der Waals surface area contributed by atoms with Crippen molar-refractivity contribution < 1.29 is 18.8 Å². The number of nitrogens with one attached hydrogen (secondary N) is 3. The molecule has 1 aromatic carbocycles. The summed E-state index contributed by atoms with van der Waals surface area (Å²) in [5.74, 6) is -1.53. The first-order valence-corrected chi connectivity index (χ1v) is 10.0. The molecule has 4 rings (SSSR count). The van der Waals surface area contributed by atoms with E-state index in [2.05, 4.69) is 20.6 Å². The number of halogens is 2. The van der Waals surface area contributed by atoms with Gasteiger partial charge in [-0.1, -0.05) is 23.7 Å². The summed E-state index contributed by atoms with van der Waals surface area (Å²) in [4.78, 5) is 46.1. The molecule has 10 heteroatoms. The van der Waals surface area contributed by atoms with Crippen LogP contribution in [0.2, 0.25) is 5.15 Å². The van der Waals surface area contributed by atoms with Crippen LogP contribution in [0.5, 0.6) is 0 Å². The first kappa shape index (κ1) is 20.8. The number of hydrogen-bond acceptors (Lipinski definition) is 4. The molecule has 3 heterocycles. The molecule has 2 aromatic heterocycles. The summed E-state index contributed by atoms with van der Waals surface area (Å²) < 4.78 is 13.3. The van der Waals surface area contributed by atoms with Crippen molar-refractivity contribution >= 4 is 40.2 Å². The van der Waals surface area contributed by atoms with Gasteiger partial charge in [-0.3, -0.25) is 14.4 Å². The van der Waals surface area contributed by atoms with Crippen molar-refractivity contribution in [3.63, 3.8) is 0 Å². The van der Waals surface area contributed by atoms with E-state index < -0.39 is 17.8 Å². The van der Waals surface area contributed by atoms with Crippen LogP contribution in [0.15, 0.2) is 42.6 Å². The third-order valence-corrected chi connectivity index (χ3v) is 5.23. The number of carbonyl (C=O) groups excluding carboxylic acids is 3. The van der Waals surface area contributed by atoms with E-state index in [0.29, 0.717) is 34.7 Å². The van der Waals surface area contributed by atoms with Gasteiger partial charge in [0.15, 0.2) is 0 Å². The molecule has 0 radical (unpaired) electrons. The van der Waals surface area contributed by atoms with E-state index in [-0.39, 0.29) is 30.5 Å². The van der Waals surface area contributed by atoms with Crippen LogP contribution in [0.25, 0.3) is 10.9 Å². The second-order valence-corrected chi connectivity index (χ2v) is 7.63. The molecule has 1 aliphatic heterocycles. The van der Waals surface area contributed by atoms with Crippen molar-refractivity contribution in [3.05, 3.63) is 64.8 Å². The van der Waals surface area contributed by atoms with Crippen LogP contribution >= 0.6 is 11.6 Å². The molecular weight excluding hydrogens is 425 g/mol. The Balaban J connectivity index is 1.57. The largest absolute Gasteiger partial charge is 0.353 e. The molecule has 1 atom stereocenters. The number of nitrogens with zero attached hydrogens (tertiary/aromatic N) is 2. The van der Waals surface area contributed by atoms with E-state index in [1.165, 1.54) is 23.2 Å². The van der Waals surface area contributed by atoms with E-state index in [1.807, 2.05) is 0 Å². The molecule has 0 saturated carbocycles. The zero-order valence-corrected chi connectivity index (χ0v) is 17.1. The van der Waals surface area contributed by atoms with E-state index in [4.69, 9.17) is 11.6 Å². The lowest BCUT2D eigenvalue weighted by atomic mass is 10.0. The fourth-order valence-corrected chi connectivity index (χ4v) is 3.63. The number of pyridine rings is 1. The Bertz CT molecular complexity index is 1150. The minimum atomic E-state index is -0.933. The minimum Gasteiger partial charge on any atom is -0.353 e. The fourth-order valence-electron chi connectivity index (χ4n) is 3.47. The zero-order valence-electron chi connectivity index (χ0n) is 16.3. The molecule has 160 valence electrons. The van der Waals surface area contributed by atoms with Crippen molar-refractivity contribution in [2.75, 3.05) is 19.6 Å². The molecule has 1 fully saturated rings. The summed E-state index contributed by atoms with van der Waals surface area (Å²) in [7, 11) is 0. The molecule has 3 N–H and O–H groups in total. The number of fused-ring (bicyclic) bond motifs is 1. The molecule has 3 aromatic rings. The predicted molar refractivity (Wildman–Crippen MR) is 112 cm³/mol. The molecule has 0 bridgehead atoms. The third-order valence-electron chi connectivity index (χ3n) is 5.02. The van der Waals surface area contributed by atoms with Crippen molar-refractivity contribution in [1.82, 2.24) is 25.5 Å². The normalized spacial score (nSPS) is 14.9. The number of amides is 3. The molecule has 1 aliphatic rings. The van der Waals surface area contributed by atoms with E-state index in [9.17, 15) is 18.8 Å². The van der Waals surface area contributed by atoms with Crippen LogP contribution in [0.3, 0.4) is 0 Å². The number of benzene rings is 1. The summed E-state index contributed by atoms with van der Waals surface area (Å²) in [6.07, 6.45) is 1.67. The van der Waals surface area contributed by atoms with Gasteiger partial charge in [-0.25, -0.2) is 9.37 Å². The summed E-state index contributed by atoms with van der Waals surface area (Å²) in [5.41, 5.74) is 1.55. The van der Waals surface area contributed by atoms with Crippen LogP contribution in [-0.2, 0) is 16.0 Å². The van der Waals surface area contributed by atoms with Gasteiger partial charge in [0.05, 0.1) is 18.3 Å². The molecule has 8 nitrogen and oxygen atoms in total. The summed E-state index contributed by atoms with van der Waals surface area (Å²) in [6.45, 7) is 0.611. The summed E-state index contributed by atoms with van der Waals surface area (Å²) in [5, 5.41) is 6.41.